The number of hydrogen-bond acceptors (Lipinski definition) is 1. The normalized spacial score (nSPS) is 12.6. The number of nitrogens with two attached hydrogens (primary N) is 1. The van der Waals surface area contributed by atoms with Gasteiger partial charge >= 0.3 is 0 Å². The van der Waals surface area contributed by atoms with Gasteiger partial charge in [0.2, 0.25) is 0 Å². The van der Waals surface area contributed by atoms with E-state index in [0.29, 0.717) is 6.42 Å². The van der Waals surface area contributed by atoms with Gasteiger partial charge in [-0.15, -0.1) is 0 Å². The third kappa shape index (κ3) is 2.85. The second kappa shape index (κ2) is 5.16. The van der Waals surface area contributed by atoms with Crippen LogP contribution in [0.3, 0.4) is 0 Å². The van der Waals surface area contributed by atoms with E-state index in [0.717, 1.165) is 24.1 Å². The van der Waals surface area contributed by atoms with Gasteiger partial charge in [-0.1, -0.05) is 19.1 Å². The zero-order valence-electron chi connectivity index (χ0n) is 9.06. The highest BCUT2D eigenvalue weighted by molar-refractivity contribution is 5.23. The van der Waals surface area contributed by atoms with E-state index in [1.165, 1.54) is 0 Å². The average Bonchev–Trinajstić information content (AvgIpc) is 2.24. The lowest BCUT2D eigenvalue weighted by molar-refractivity contribution is 0.443. The minimum atomic E-state index is -1.47. The SMILES string of the molecule is C=C(CC)CC(N)c1cc(F)c(F)c(F)c1. The molecule has 0 aliphatic heterocycles. The molecule has 0 saturated heterocycles. The van der Waals surface area contributed by atoms with Crippen molar-refractivity contribution in [3.63, 3.8) is 0 Å². The first-order chi connectivity index (χ1) is 7.45. The fourth-order valence-corrected chi connectivity index (χ4v) is 1.36. The van der Waals surface area contributed by atoms with E-state index in [2.05, 4.69) is 6.58 Å². The molecule has 0 aliphatic rings. The van der Waals surface area contributed by atoms with Crippen LogP contribution in [0.25, 0.3) is 0 Å². The summed E-state index contributed by atoms with van der Waals surface area (Å²) in [5, 5.41) is 0. The monoisotopic (exact) mass is 229 g/mol. The minimum Gasteiger partial charge on any atom is -0.324 e. The molecule has 0 aliphatic carbocycles. The predicted molar refractivity (Wildman–Crippen MR) is 57.3 cm³/mol. The highest BCUT2D eigenvalue weighted by Gasteiger charge is 2.14. The molecule has 88 valence electrons. The summed E-state index contributed by atoms with van der Waals surface area (Å²) >= 11 is 0. The first kappa shape index (κ1) is 12.8. The van der Waals surface area contributed by atoms with Gasteiger partial charge < -0.3 is 5.73 Å². The minimum absolute atomic E-state index is 0.242. The van der Waals surface area contributed by atoms with E-state index in [1.807, 2.05) is 6.92 Å². The third-order valence-corrected chi connectivity index (χ3v) is 2.44. The predicted octanol–water partition coefficient (Wildman–Crippen LogP) is 3.46. The van der Waals surface area contributed by atoms with Crippen molar-refractivity contribution in [2.24, 2.45) is 5.73 Å². The highest BCUT2D eigenvalue weighted by Crippen LogP contribution is 2.22. The summed E-state index contributed by atoms with van der Waals surface area (Å²) in [6.45, 7) is 5.68. The summed E-state index contributed by atoms with van der Waals surface area (Å²) in [6, 6.07) is 1.29. The molecule has 1 atom stereocenters. The molecule has 0 spiro atoms. The largest absolute Gasteiger partial charge is 0.324 e. The lowest BCUT2D eigenvalue weighted by Crippen LogP contribution is -2.12. The molecule has 1 rings (SSSR count). The van der Waals surface area contributed by atoms with Gasteiger partial charge in [0.1, 0.15) is 0 Å². The standard InChI is InChI=1S/C12H14F3N/c1-3-7(2)4-11(16)8-5-9(13)12(15)10(14)6-8/h5-6,11H,2-4,16H2,1H3. The summed E-state index contributed by atoms with van der Waals surface area (Å²) in [6.07, 6.45) is 1.18. The van der Waals surface area contributed by atoms with Crippen LogP contribution in [-0.2, 0) is 0 Å². The molecule has 16 heavy (non-hydrogen) atoms. The topological polar surface area (TPSA) is 26.0 Å². The van der Waals surface area contributed by atoms with Crippen LogP contribution in [-0.4, -0.2) is 0 Å². The summed E-state index contributed by atoms with van der Waals surface area (Å²) in [5.41, 5.74) is 6.87. The molecular formula is C12H14F3N. The fraction of sp³-hybridized carbons (Fsp3) is 0.333. The van der Waals surface area contributed by atoms with E-state index in [1.54, 1.807) is 0 Å². The molecule has 0 saturated carbocycles. The Hall–Kier alpha value is -1.29. The van der Waals surface area contributed by atoms with Crippen molar-refractivity contribution in [2.45, 2.75) is 25.8 Å². The Balaban J connectivity index is 2.92. The molecule has 0 bridgehead atoms. The van der Waals surface area contributed by atoms with Gasteiger partial charge in [0.25, 0.3) is 0 Å². The highest BCUT2D eigenvalue weighted by atomic mass is 19.2. The van der Waals surface area contributed by atoms with Crippen molar-refractivity contribution in [3.8, 4) is 0 Å². The Labute approximate surface area is 92.8 Å². The zero-order chi connectivity index (χ0) is 12.3. The van der Waals surface area contributed by atoms with E-state index >= 15 is 0 Å². The molecule has 1 aromatic carbocycles. The molecule has 0 fully saturated rings. The van der Waals surface area contributed by atoms with Crippen molar-refractivity contribution in [1.82, 2.24) is 0 Å². The maximum Gasteiger partial charge on any atom is 0.194 e. The van der Waals surface area contributed by atoms with Gasteiger partial charge in [0.15, 0.2) is 17.5 Å². The Morgan fingerprint density at radius 1 is 1.31 bits per heavy atom. The number of rotatable bonds is 4. The molecule has 1 nitrogen and oxygen atoms in total. The lowest BCUT2D eigenvalue weighted by atomic mass is 9.99. The second-order valence-electron chi connectivity index (χ2n) is 3.71. The lowest BCUT2D eigenvalue weighted by Gasteiger charge is -2.13. The molecule has 1 aromatic rings. The van der Waals surface area contributed by atoms with Crippen LogP contribution in [0.1, 0.15) is 31.4 Å². The van der Waals surface area contributed by atoms with Crippen molar-refractivity contribution in [3.05, 3.63) is 47.3 Å². The van der Waals surface area contributed by atoms with Crippen molar-refractivity contribution in [2.75, 3.05) is 0 Å². The Morgan fingerprint density at radius 2 is 1.81 bits per heavy atom. The van der Waals surface area contributed by atoms with E-state index in [9.17, 15) is 13.2 Å². The van der Waals surface area contributed by atoms with Gasteiger partial charge in [-0.25, -0.2) is 13.2 Å². The van der Waals surface area contributed by atoms with Gasteiger partial charge in [0, 0.05) is 6.04 Å². The molecular weight excluding hydrogens is 215 g/mol. The van der Waals surface area contributed by atoms with E-state index in [-0.39, 0.29) is 5.56 Å². The molecule has 0 aromatic heterocycles. The summed E-state index contributed by atoms with van der Waals surface area (Å²) < 4.78 is 38.5. The summed E-state index contributed by atoms with van der Waals surface area (Å²) in [5.74, 6) is -3.90. The quantitative estimate of drug-likeness (QED) is 0.621. The Morgan fingerprint density at radius 3 is 2.25 bits per heavy atom. The van der Waals surface area contributed by atoms with Crippen LogP contribution in [0.4, 0.5) is 13.2 Å². The number of halogens is 3. The van der Waals surface area contributed by atoms with Crippen molar-refractivity contribution in [1.29, 1.82) is 0 Å². The van der Waals surface area contributed by atoms with Gasteiger partial charge in [-0.3, -0.25) is 0 Å². The third-order valence-electron chi connectivity index (χ3n) is 2.44. The number of hydrogen-bond donors (Lipinski definition) is 1. The van der Waals surface area contributed by atoms with Crippen LogP contribution in [0.5, 0.6) is 0 Å². The zero-order valence-corrected chi connectivity index (χ0v) is 9.06. The molecule has 4 heteroatoms. The molecule has 0 heterocycles. The van der Waals surface area contributed by atoms with E-state index in [4.69, 9.17) is 5.73 Å². The van der Waals surface area contributed by atoms with Gasteiger partial charge in [-0.05, 0) is 30.5 Å². The van der Waals surface area contributed by atoms with Crippen LogP contribution in [0, 0.1) is 17.5 Å². The van der Waals surface area contributed by atoms with Crippen LogP contribution >= 0.6 is 0 Å². The van der Waals surface area contributed by atoms with Crippen LogP contribution in [0.2, 0.25) is 0 Å². The smallest absolute Gasteiger partial charge is 0.194 e. The van der Waals surface area contributed by atoms with Gasteiger partial charge in [-0.2, -0.15) is 0 Å². The number of benzene rings is 1. The molecule has 1 unspecified atom stereocenters. The second-order valence-corrected chi connectivity index (χ2v) is 3.71. The Bertz CT molecular complexity index is 378. The average molecular weight is 229 g/mol. The molecule has 2 N–H and O–H groups in total. The van der Waals surface area contributed by atoms with Crippen LogP contribution < -0.4 is 5.73 Å². The first-order valence-electron chi connectivity index (χ1n) is 5.02. The molecule has 0 amide bonds. The maximum atomic E-state index is 12.9. The van der Waals surface area contributed by atoms with Crippen molar-refractivity contribution < 1.29 is 13.2 Å². The summed E-state index contributed by atoms with van der Waals surface area (Å²) in [7, 11) is 0. The Kier molecular flexibility index (Phi) is 4.12. The van der Waals surface area contributed by atoms with Gasteiger partial charge in [0.05, 0.1) is 0 Å². The fourth-order valence-electron chi connectivity index (χ4n) is 1.36. The van der Waals surface area contributed by atoms with Crippen LogP contribution in [0.15, 0.2) is 24.3 Å². The summed E-state index contributed by atoms with van der Waals surface area (Å²) in [4.78, 5) is 0. The van der Waals surface area contributed by atoms with Crippen molar-refractivity contribution >= 4 is 0 Å². The first-order valence-corrected chi connectivity index (χ1v) is 5.02. The van der Waals surface area contributed by atoms with E-state index < -0.39 is 23.5 Å². The maximum absolute atomic E-state index is 12.9. The molecule has 0 radical (unpaired) electrons.